The van der Waals surface area contributed by atoms with Crippen LogP contribution in [0.4, 0.5) is 0 Å². The minimum Gasteiger partial charge on any atom is -0.457 e. The Hall–Kier alpha value is -3.53. The summed E-state index contributed by atoms with van der Waals surface area (Å²) in [4.78, 5) is 4.63. The summed E-state index contributed by atoms with van der Waals surface area (Å²) < 4.78 is 12.1. The number of rotatable bonds is 0. The number of benzene rings is 2. The number of nitrogens with zero attached hydrogens (tertiary/aromatic N) is 1. The summed E-state index contributed by atoms with van der Waals surface area (Å²) in [5.74, 6) is 2.79. The lowest BCUT2D eigenvalue weighted by molar-refractivity contribution is 0.354. The highest BCUT2D eigenvalue weighted by Crippen LogP contribution is 2.30. The molecule has 0 saturated heterocycles. The maximum Gasteiger partial charge on any atom is 0.221 e. The van der Waals surface area contributed by atoms with Crippen LogP contribution >= 0.6 is 0 Å². The molecule has 3 aromatic rings. The van der Waals surface area contributed by atoms with E-state index in [9.17, 15) is 0 Å². The van der Waals surface area contributed by atoms with Gasteiger partial charge in [-0.1, -0.05) is 42.5 Å². The van der Waals surface area contributed by atoms with E-state index in [0.29, 0.717) is 11.8 Å². The summed E-state index contributed by atoms with van der Waals surface area (Å²) in [6.07, 6.45) is 5.97. The lowest BCUT2D eigenvalue weighted by Crippen LogP contribution is -2.24. The van der Waals surface area contributed by atoms with Crippen molar-refractivity contribution in [2.24, 2.45) is 0 Å². The quantitative estimate of drug-likeness (QED) is 0.627. The largest absolute Gasteiger partial charge is 0.457 e. The van der Waals surface area contributed by atoms with Crippen molar-refractivity contribution in [3.8, 4) is 28.6 Å². The normalized spacial score (nSPS) is 17.1. The minimum absolute atomic E-state index is 0.0102. The molecule has 0 amide bonds. The van der Waals surface area contributed by atoms with Crippen molar-refractivity contribution >= 4 is 0 Å². The highest BCUT2D eigenvalue weighted by atomic mass is 16.5. The third-order valence-corrected chi connectivity index (χ3v) is 4.37. The Morgan fingerprint density at radius 1 is 0.846 bits per heavy atom. The Labute approximate surface area is 151 Å². The molecule has 1 unspecified atom stereocenters. The fraction of sp³-hybridized carbons (Fsp3) is 0.0455. The van der Waals surface area contributed by atoms with Gasteiger partial charge in [0.15, 0.2) is 5.88 Å². The maximum atomic E-state index is 6.09. The van der Waals surface area contributed by atoms with E-state index in [0.717, 1.165) is 28.3 Å². The van der Waals surface area contributed by atoms with E-state index in [1.807, 2.05) is 72.8 Å². The van der Waals surface area contributed by atoms with E-state index in [2.05, 4.69) is 22.4 Å². The molecule has 0 fully saturated rings. The van der Waals surface area contributed by atoms with Crippen molar-refractivity contribution in [2.75, 3.05) is 0 Å². The van der Waals surface area contributed by atoms with Crippen LogP contribution in [0.25, 0.3) is 11.3 Å². The first-order chi connectivity index (χ1) is 12.8. The smallest absolute Gasteiger partial charge is 0.221 e. The van der Waals surface area contributed by atoms with Crippen LogP contribution in [-0.4, -0.2) is 4.98 Å². The van der Waals surface area contributed by atoms with Gasteiger partial charge in [-0.15, -0.1) is 0 Å². The molecule has 1 atom stereocenters. The van der Waals surface area contributed by atoms with Gasteiger partial charge in [-0.25, -0.2) is 4.98 Å². The third kappa shape index (κ3) is 2.82. The molecule has 8 bridgehead atoms. The van der Waals surface area contributed by atoms with Crippen molar-refractivity contribution in [2.45, 2.75) is 6.04 Å². The van der Waals surface area contributed by atoms with Crippen LogP contribution in [0.2, 0.25) is 0 Å². The van der Waals surface area contributed by atoms with Crippen molar-refractivity contribution < 1.29 is 9.47 Å². The third-order valence-electron chi connectivity index (χ3n) is 4.37. The van der Waals surface area contributed by atoms with Crippen LogP contribution in [0.3, 0.4) is 0 Å². The number of hydrogen-bond donors (Lipinski definition) is 1. The van der Waals surface area contributed by atoms with Crippen LogP contribution in [0.1, 0.15) is 11.6 Å². The first-order valence-electron chi connectivity index (χ1n) is 8.52. The Morgan fingerprint density at radius 3 is 2.65 bits per heavy atom. The summed E-state index contributed by atoms with van der Waals surface area (Å²) in [7, 11) is 0. The van der Waals surface area contributed by atoms with Crippen molar-refractivity contribution in [1.29, 1.82) is 0 Å². The Balaban J connectivity index is 1.67. The fourth-order valence-corrected chi connectivity index (χ4v) is 3.13. The van der Waals surface area contributed by atoms with E-state index in [1.54, 1.807) is 0 Å². The lowest BCUT2D eigenvalue weighted by Gasteiger charge is -2.22. The van der Waals surface area contributed by atoms with Gasteiger partial charge in [-0.2, -0.15) is 0 Å². The zero-order valence-electron chi connectivity index (χ0n) is 13.9. The number of nitrogens with one attached hydrogen (secondary N) is 1. The monoisotopic (exact) mass is 340 g/mol. The average Bonchev–Trinajstić information content (AvgIpc) is 2.68. The Morgan fingerprint density at radius 2 is 1.69 bits per heavy atom. The molecule has 2 aromatic carbocycles. The van der Waals surface area contributed by atoms with Gasteiger partial charge in [0.1, 0.15) is 11.5 Å². The molecule has 4 nitrogen and oxygen atoms in total. The van der Waals surface area contributed by atoms with Crippen molar-refractivity contribution in [1.82, 2.24) is 10.3 Å². The highest BCUT2D eigenvalue weighted by molar-refractivity contribution is 5.62. The van der Waals surface area contributed by atoms with Gasteiger partial charge in [-0.05, 0) is 42.0 Å². The summed E-state index contributed by atoms with van der Waals surface area (Å²) >= 11 is 0. The Kier molecular flexibility index (Phi) is 3.46. The van der Waals surface area contributed by atoms with Crippen LogP contribution < -0.4 is 14.8 Å². The first kappa shape index (κ1) is 14.8. The second-order valence-electron chi connectivity index (χ2n) is 6.20. The summed E-state index contributed by atoms with van der Waals surface area (Å²) in [5.41, 5.74) is 2.91. The molecule has 0 spiro atoms. The first-order valence-corrected chi connectivity index (χ1v) is 8.52. The van der Waals surface area contributed by atoms with Crippen LogP contribution in [0.15, 0.2) is 90.8 Å². The Bertz CT molecular complexity index is 1040. The standard InChI is InChI=1S/C22H16N2O2/c1-5-15-13-17(7-1)25-18-8-2-6-16(14-18)20-10-4-12-22(24-20)26-21-11-3-9-19(15)23-21/h1-14,19,23H. The zero-order valence-corrected chi connectivity index (χ0v) is 13.9. The molecule has 4 heteroatoms. The van der Waals surface area contributed by atoms with Gasteiger partial charge >= 0.3 is 0 Å². The highest BCUT2D eigenvalue weighted by Gasteiger charge is 2.16. The van der Waals surface area contributed by atoms with E-state index in [4.69, 9.17) is 9.47 Å². The van der Waals surface area contributed by atoms with E-state index >= 15 is 0 Å². The van der Waals surface area contributed by atoms with Gasteiger partial charge in [-0.3, -0.25) is 0 Å². The number of ether oxygens (including phenoxy) is 2. The summed E-state index contributed by atoms with van der Waals surface area (Å²) in [6.45, 7) is 0. The van der Waals surface area contributed by atoms with Gasteiger partial charge in [0.05, 0.1) is 11.7 Å². The molecular formula is C22H16N2O2. The molecule has 0 saturated carbocycles. The SMILES string of the molecule is C1=CC2NC(=C1)Oc1cccc(n1)-c1cccc(c1)Oc1cccc2c1. The van der Waals surface area contributed by atoms with Gasteiger partial charge in [0, 0.05) is 11.6 Å². The molecule has 0 radical (unpaired) electrons. The zero-order chi connectivity index (χ0) is 17.3. The molecular weight excluding hydrogens is 324 g/mol. The predicted octanol–water partition coefficient (Wildman–Crippen LogP) is 4.98. The summed E-state index contributed by atoms with van der Waals surface area (Å²) in [5, 5.41) is 3.39. The second-order valence-corrected chi connectivity index (χ2v) is 6.20. The van der Waals surface area contributed by atoms with E-state index in [-0.39, 0.29) is 6.04 Å². The van der Waals surface area contributed by atoms with E-state index < -0.39 is 0 Å². The number of pyridine rings is 1. The molecule has 2 aliphatic heterocycles. The topological polar surface area (TPSA) is 43.4 Å². The van der Waals surface area contributed by atoms with E-state index in [1.165, 1.54) is 0 Å². The molecule has 1 aromatic heterocycles. The van der Waals surface area contributed by atoms with Crippen LogP contribution in [0.5, 0.6) is 17.4 Å². The van der Waals surface area contributed by atoms with Gasteiger partial charge in [0.2, 0.25) is 5.88 Å². The van der Waals surface area contributed by atoms with Crippen LogP contribution in [0, 0.1) is 0 Å². The van der Waals surface area contributed by atoms with Gasteiger partial charge in [0.25, 0.3) is 0 Å². The summed E-state index contributed by atoms with van der Waals surface area (Å²) in [6, 6.07) is 21.8. The average molecular weight is 340 g/mol. The molecule has 126 valence electrons. The lowest BCUT2D eigenvalue weighted by atomic mass is 10.0. The number of dihydropyridines is 1. The number of hydrogen-bond acceptors (Lipinski definition) is 4. The van der Waals surface area contributed by atoms with Crippen molar-refractivity contribution in [3.63, 3.8) is 0 Å². The second kappa shape index (κ2) is 6.08. The molecule has 26 heavy (non-hydrogen) atoms. The predicted molar refractivity (Wildman–Crippen MR) is 99.9 cm³/mol. The number of allylic oxidation sites excluding steroid dienone is 2. The molecule has 3 heterocycles. The minimum atomic E-state index is 0.0102. The molecule has 5 rings (SSSR count). The molecule has 1 N–H and O–H groups in total. The number of aromatic nitrogens is 1. The number of fused-ring (bicyclic) bond motifs is 10. The maximum absolute atomic E-state index is 6.09. The van der Waals surface area contributed by atoms with Crippen LogP contribution in [-0.2, 0) is 0 Å². The molecule has 0 aliphatic carbocycles. The molecule has 2 aliphatic rings. The fourth-order valence-electron chi connectivity index (χ4n) is 3.13. The van der Waals surface area contributed by atoms with Crippen molar-refractivity contribution in [3.05, 3.63) is 96.4 Å². The van der Waals surface area contributed by atoms with Gasteiger partial charge < -0.3 is 14.8 Å².